The van der Waals surface area contributed by atoms with Crippen LogP contribution in [0.1, 0.15) is 57.4 Å². The van der Waals surface area contributed by atoms with Gasteiger partial charge in [0.1, 0.15) is 23.8 Å². The average Bonchev–Trinajstić information content (AvgIpc) is 3.74. The summed E-state index contributed by atoms with van der Waals surface area (Å²) in [5, 5.41) is 24.4. The molecule has 2 atom stereocenters. The smallest absolute Gasteiger partial charge is 0.319 e. The summed E-state index contributed by atoms with van der Waals surface area (Å²) in [6.45, 7) is 4.67. The average molecular weight is 652 g/mol. The number of halogens is 2. The predicted molar refractivity (Wildman–Crippen MR) is 179 cm³/mol. The van der Waals surface area contributed by atoms with Crippen molar-refractivity contribution in [3.63, 3.8) is 0 Å². The number of aliphatic hydroxyl groups is 1. The molecule has 4 heterocycles. The van der Waals surface area contributed by atoms with E-state index in [2.05, 4.69) is 15.8 Å². The second kappa shape index (κ2) is 11.2. The van der Waals surface area contributed by atoms with Crippen molar-refractivity contribution in [1.82, 2.24) is 14.9 Å². The maximum Gasteiger partial charge on any atom is 0.319 e. The van der Waals surface area contributed by atoms with E-state index < -0.39 is 27.8 Å². The Bertz CT molecular complexity index is 2100. The minimum Gasteiger partial charge on any atom is -0.461 e. The molecule has 3 aliphatic heterocycles. The zero-order valence-electron chi connectivity index (χ0n) is 26.7. The lowest BCUT2D eigenvalue weighted by Gasteiger charge is -2.38. The summed E-state index contributed by atoms with van der Waals surface area (Å²) in [6, 6.07) is 8.78. The molecular weight excluding hydrogens is 616 g/mol. The van der Waals surface area contributed by atoms with Gasteiger partial charge in [-0.25, -0.2) is 8.78 Å². The first-order valence-corrected chi connectivity index (χ1v) is 16.5. The molecule has 8 rings (SSSR count). The van der Waals surface area contributed by atoms with Crippen molar-refractivity contribution in [2.45, 2.75) is 63.0 Å². The molecule has 0 spiro atoms. The number of anilines is 1. The van der Waals surface area contributed by atoms with Crippen molar-refractivity contribution in [2.24, 2.45) is 0 Å². The second-order valence-corrected chi connectivity index (χ2v) is 14.0. The summed E-state index contributed by atoms with van der Waals surface area (Å²) in [7, 11) is 0. The quantitative estimate of drug-likeness (QED) is 0.107. The van der Waals surface area contributed by atoms with Gasteiger partial charge in [-0.05, 0) is 69.9 Å². The summed E-state index contributed by atoms with van der Waals surface area (Å²) in [4.78, 5) is 25.6. The van der Waals surface area contributed by atoms with E-state index in [1.54, 1.807) is 24.6 Å². The van der Waals surface area contributed by atoms with Crippen LogP contribution in [0.2, 0.25) is 0 Å². The molecule has 1 aromatic heterocycles. The highest BCUT2D eigenvalue weighted by Gasteiger charge is 2.48. The normalized spacial score (nSPS) is 23.9. The Hall–Kier alpha value is -4.66. The van der Waals surface area contributed by atoms with Crippen LogP contribution < -0.4 is 9.64 Å². The maximum atomic E-state index is 17.1. The molecule has 4 fully saturated rings. The van der Waals surface area contributed by atoms with Crippen molar-refractivity contribution < 1.29 is 23.5 Å². The molecule has 3 aromatic carbocycles. The number of rotatable bonds is 6. The summed E-state index contributed by atoms with van der Waals surface area (Å²) >= 11 is 0. The van der Waals surface area contributed by atoms with Crippen LogP contribution in [0, 0.1) is 34.1 Å². The minimum absolute atomic E-state index is 0.0385. The van der Waals surface area contributed by atoms with Crippen LogP contribution in [-0.2, 0) is 0 Å². The molecule has 11 heteroatoms. The van der Waals surface area contributed by atoms with Gasteiger partial charge in [0.25, 0.3) is 5.69 Å². The van der Waals surface area contributed by atoms with Crippen molar-refractivity contribution in [3.8, 4) is 29.5 Å². The standard InChI is InChI=1S/C37H35F2N5O4/c1-3-25-28(38)12-11-23-7-4-8-26(30(23)25)31-29(44(46)47)17-27-33(32(31)39)40-35(41-34(27)42-15-5-13-36(2,45)20-42)48-21-37-14-6-16-43(37)19-24(18-37)22-9-10-22/h1,4,7-8,11-12,17,45H,5-6,9-10,13-16,18-21H2,2H3/t36-,37?/m1/s1. The highest BCUT2D eigenvalue weighted by molar-refractivity contribution is 6.06. The number of aromatic nitrogens is 2. The number of nitrogens with zero attached hydrogens (tertiary/aromatic N) is 5. The molecule has 0 amide bonds. The number of ether oxygens (including phenoxy) is 1. The van der Waals surface area contributed by atoms with Gasteiger partial charge in [-0.15, -0.1) is 6.42 Å². The van der Waals surface area contributed by atoms with Gasteiger partial charge >= 0.3 is 6.01 Å². The number of nitro groups is 1. The van der Waals surface area contributed by atoms with Crippen LogP contribution >= 0.6 is 0 Å². The number of terminal acetylenes is 1. The molecule has 9 nitrogen and oxygen atoms in total. The fourth-order valence-electron chi connectivity index (χ4n) is 8.18. The second-order valence-electron chi connectivity index (χ2n) is 14.0. The van der Waals surface area contributed by atoms with Gasteiger partial charge in [-0.3, -0.25) is 15.0 Å². The first-order chi connectivity index (χ1) is 23.1. The third-order valence-electron chi connectivity index (χ3n) is 10.6. The Morgan fingerprint density at radius 1 is 1.12 bits per heavy atom. The van der Waals surface area contributed by atoms with Crippen molar-refractivity contribution in [3.05, 3.63) is 74.9 Å². The SMILES string of the molecule is C#Cc1c(F)ccc2cccc(-c3c([N+](=O)[O-])cc4c(N5CCC[C@@](C)(O)C5)nc(OCC56CCCN5CC(=C5CC5)C6)nc4c3F)c12. The van der Waals surface area contributed by atoms with E-state index in [0.717, 1.165) is 45.2 Å². The lowest BCUT2D eigenvalue weighted by atomic mass is 9.92. The minimum atomic E-state index is -1.04. The van der Waals surface area contributed by atoms with E-state index in [9.17, 15) is 19.6 Å². The summed E-state index contributed by atoms with van der Waals surface area (Å²) in [5.41, 5.74) is 0.740. The summed E-state index contributed by atoms with van der Waals surface area (Å²) in [6.07, 6.45) is 12.2. The zero-order chi connectivity index (χ0) is 33.4. The molecule has 1 saturated carbocycles. The molecule has 0 bridgehead atoms. The maximum absolute atomic E-state index is 17.1. The lowest BCUT2D eigenvalue weighted by Crippen LogP contribution is -2.46. The molecule has 0 radical (unpaired) electrons. The van der Waals surface area contributed by atoms with Crippen LogP contribution in [0.15, 0.2) is 47.5 Å². The Morgan fingerprint density at radius 3 is 2.69 bits per heavy atom. The fourth-order valence-corrected chi connectivity index (χ4v) is 8.18. The molecule has 4 aliphatic rings. The highest BCUT2D eigenvalue weighted by Crippen LogP contribution is 2.47. The number of fused-ring (bicyclic) bond motifs is 3. The van der Waals surface area contributed by atoms with Crippen LogP contribution in [-0.4, -0.2) is 68.8 Å². The molecule has 4 aromatic rings. The number of piperidine rings is 1. The molecule has 48 heavy (non-hydrogen) atoms. The van der Waals surface area contributed by atoms with Crippen molar-refractivity contribution >= 4 is 33.2 Å². The first kappa shape index (κ1) is 30.7. The number of hydrogen-bond donors (Lipinski definition) is 1. The molecular formula is C37H35F2N5O4. The number of β-amino-alcohol motifs (C(OH)–C–C–N with tert-alkyl or cyclic N) is 1. The van der Waals surface area contributed by atoms with Gasteiger partial charge in [0.15, 0.2) is 5.82 Å². The molecule has 1 unspecified atom stereocenters. The van der Waals surface area contributed by atoms with Gasteiger partial charge in [-0.2, -0.15) is 9.97 Å². The van der Waals surface area contributed by atoms with Crippen molar-refractivity contribution in [1.29, 1.82) is 0 Å². The van der Waals surface area contributed by atoms with Crippen LogP contribution in [0.4, 0.5) is 20.3 Å². The Morgan fingerprint density at radius 2 is 1.94 bits per heavy atom. The molecule has 1 N–H and O–H groups in total. The Kier molecular flexibility index (Phi) is 7.16. The van der Waals surface area contributed by atoms with E-state index >= 15 is 4.39 Å². The van der Waals surface area contributed by atoms with Crippen molar-refractivity contribution in [2.75, 3.05) is 37.7 Å². The molecule has 3 saturated heterocycles. The van der Waals surface area contributed by atoms with Gasteiger partial charge in [0.05, 0.1) is 32.6 Å². The number of hydrogen-bond acceptors (Lipinski definition) is 8. The number of allylic oxidation sites excluding steroid dienone is 1. The largest absolute Gasteiger partial charge is 0.461 e. The lowest BCUT2D eigenvalue weighted by molar-refractivity contribution is -0.384. The van der Waals surface area contributed by atoms with E-state index in [1.807, 2.05) is 4.90 Å². The van der Waals surface area contributed by atoms with Gasteiger partial charge in [0.2, 0.25) is 0 Å². The van der Waals surface area contributed by atoms with Crippen LogP contribution in [0.5, 0.6) is 6.01 Å². The van der Waals surface area contributed by atoms with E-state index in [-0.39, 0.29) is 56.9 Å². The number of benzene rings is 3. The fraction of sp³-hybridized carbons (Fsp3) is 0.405. The molecule has 246 valence electrons. The van der Waals surface area contributed by atoms with Gasteiger partial charge < -0.3 is 14.7 Å². The van der Waals surface area contributed by atoms with E-state index in [0.29, 0.717) is 31.4 Å². The zero-order valence-corrected chi connectivity index (χ0v) is 26.7. The summed E-state index contributed by atoms with van der Waals surface area (Å²) in [5.74, 6) is 0.953. The predicted octanol–water partition coefficient (Wildman–Crippen LogP) is 6.68. The van der Waals surface area contributed by atoms with Gasteiger partial charge in [0, 0.05) is 36.7 Å². The number of nitro benzene ring substituents is 1. The Labute approximate surface area is 276 Å². The first-order valence-electron chi connectivity index (χ1n) is 16.5. The summed E-state index contributed by atoms with van der Waals surface area (Å²) < 4.78 is 38.5. The topological polar surface area (TPSA) is 105 Å². The van der Waals surface area contributed by atoms with Crippen LogP contribution in [0.3, 0.4) is 0 Å². The molecule has 1 aliphatic carbocycles. The third kappa shape index (κ3) is 5.06. The Balaban J connectivity index is 1.31. The van der Waals surface area contributed by atoms with E-state index in [1.165, 1.54) is 29.8 Å². The van der Waals surface area contributed by atoms with E-state index in [4.69, 9.17) is 16.1 Å². The monoisotopic (exact) mass is 651 g/mol. The van der Waals surface area contributed by atoms with Gasteiger partial charge in [-0.1, -0.05) is 41.3 Å². The highest BCUT2D eigenvalue weighted by atomic mass is 19.1. The van der Waals surface area contributed by atoms with Crippen LogP contribution in [0.25, 0.3) is 32.8 Å². The third-order valence-corrected chi connectivity index (χ3v) is 10.6.